The molecule has 1 saturated heterocycles. The Labute approximate surface area is 187 Å². The molecule has 1 aliphatic heterocycles. The van der Waals surface area contributed by atoms with Crippen molar-refractivity contribution in [2.24, 2.45) is 0 Å². The van der Waals surface area contributed by atoms with Gasteiger partial charge in [-0.05, 0) is 44.2 Å². The first-order valence-corrected chi connectivity index (χ1v) is 11.3. The molecule has 1 N–H and O–H groups in total. The van der Waals surface area contributed by atoms with E-state index in [9.17, 15) is 4.79 Å². The lowest BCUT2D eigenvalue weighted by atomic mass is 10.1. The third kappa shape index (κ3) is 5.62. The lowest BCUT2D eigenvalue weighted by molar-refractivity contribution is -0.115. The van der Waals surface area contributed by atoms with E-state index in [1.807, 2.05) is 74.5 Å². The number of rotatable bonds is 6. The third-order valence-electron chi connectivity index (χ3n) is 5.07. The van der Waals surface area contributed by atoms with Crippen LogP contribution < -0.4 is 10.2 Å². The van der Waals surface area contributed by atoms with Crippen LogP contribution in [0.4, 0.5) is 11.4 Å². The minimum absolute atomic E-state index is 0.0736. The number of carbonyl (C=O) groups is 1. The average molecular weight is 435 g/mol. The van der Waals surface area contributed by atoms with Gasteiger partial charge >= 0.3 is 0 Å². The first-order chi connectivity index (χ1) is 15.1. The summed E-state index contributed by atoms with van der Waals surface area (Å²) in [5.41, 5.74) is 4.70. The van der Waals surface area contributed by atoms with Gasteiger partial charge in [-0.1, -0.05) is 42.1 Å². The maximum Gasteiger partial charge on any atom is 0.237 e. The molecule has 7 heteroatoms. The Morgan fingerprint density at radius 3 is 2.48 bits per heavy atom. The summed E-state index contributed by atoms with van der Waals surface area (Å²) in [7, 11) is 0. The number of nitrogens with zero attached hydrogens (tertiary/aromatic N) is 3. The highest BCUT2D eigenvalue weighted by atomic mass is 32.2. The summed E-state index contributed by atoms with van der Waals surface area (Å²) >= 11 is 1.36. The number of amides is 1. The zero-order valence-electron chi connectivity index (χ0n) is 17.7. The highest BCUT2D eigenvalue weighted by Crippen LogP contribution is 2.26. The van der Waals surface area contributed by atoms with Crippen LogP contribution in [0.1, 0.15) is 12.6 Å². The molecule has 0 unspecified atom stereocenters. The first kappa shape index (κ1) is 21.3. The molecular formula is C24H26N4O2S. The molecule has 6 nitrogen and oxygen atoms in total. The van der Waals surface area contributed by atoms with E-state index >= 15 is 0 Å². The zero-order valence-corrected chi connectivity index (χ0v) is 18.6. The summed E-state index contributed by atoms with van der Waals surface area (Å²) in [6.07, 6.45) is 0. The van der Waals surface area contributed by atoms with Crippen LogP contribution in [0, 0.1) is 6.92 Å². The topological polar surface area (TPSA) is 67.4 Å². The number of benzene rings is 2. The highest BCUT2D eigenvalue weighted by molar-refractivity contribution is 8.00. The lowest BCUT2D eigenvalue weighted by Crippen LogP contribution is -2.36. The van der Waals surface area contributed by atoms with Crippen LogP contribution in [0.15, 0.2) is 65.8 Å². The molecule has 2 aromatic carbocycles. The van der Waals surface area contributed by atoms with E-state index in [0.717, 1.165) is 54.6 Å². The number of ether oxygens (including phenoxy) is 1. The molecule has 0 saturated carbocycles. The smallest absolute Gasteiger partial charge is 0.237 e. The van der Waals surface area contributed by atoms with E-state index in [1.54, 1.807) is 0 Å². The molecular weight excluding hydrogens is 408 g/mol. The predicted molar refractivity (Wildman–Crippen MR) is 126 cm³/mol. The number of hydrogen-bond donors (Lipinski definition) is 1. The Kier molecular flexibility index (Phi) is 6.84. The van der Waals surface area contributed by atoms with Gasteiger partial charge in [0.2, 0.25) is 5.91 Å². The summed E-state index contributed by atoms with van der Waals surface area (Å²) in [6.45, 7) is 7.09. The van der Waals surface area contributed by atoms with Crippen molar-refractivity contribution in [1.29, 1.82) is 0 Å². The highest BCUT2D eigenvalue weighted by Gasteiger charge is 2.18. The second-order valence-electron chi connectivity index (χ2n) is 7.44. The minimum Gasteiger partial charge on any atom is -0.378 e. The number of aryl methyl sites for hydroxylation is 1. The second-order valence-corrected chi connectivity index (χ2v) is 8.75. The molecule has 2 heterocycles. The summed E-state index contributed by atoms with van der Waals surface area (Å²) in [5, 5.41) is 3.27. The lowest BCUT2D eigenvalue weighted by Gasteiger charge is -2.28. The molecule has 1 aromatic heterocycles. The van der Waals surface area contributed by atoms with Crippen molar-refractivity contribution in [3.8, 4) is 11.3 Å². The minimum atomic E-state index is -0.329. The van der Waals surface area contributed by atoms with Crippen molar-refractivity contribution in [3.63, 3.8) is 0 Å². The SMILES string of the molecule is Cc1cc(-c2ccccc2)nc(S[C@H](C)C(=O)Nc2ccc(N3CCOCC3)cc2)n1. The van der Waals surface area contributed by atoms with Crippen LogP contribution in [-0.4, -0.2) is 47.4 Å². The molecule has 160 valence electrons. The number of anilines is 2. The van der Waals surface area contributed by atoms with Crippen molar-refractivity contribution < 1.29 is 9.53 Å². The maximum absolute atomic E-state index is 12.7. The van der Waals surface area contributed by atoms with Crippen LogP contribution in [0.3, 0.4) is 0 Å². The van der Waals surface area contributed by atoms with Gasteiger partial charge in [-0.2, -0.15) is 0 Å². The van der Waals surface area contributed by atoms with E-state index in [2.05, 4.69) is 20.2 Å². The standard InChI is InChI=1S/C24H26N4O2S/c1-17-16-22(19-6-4-3-5-7-19)27-24(25-17)31-18(2)23(29)26-20-8-10-21(11-9-20)28-12-14-30-15-13-28/h3-11,16,18H,12-15H2,1-2H3,(H,26,29)/t18-/m1/s1. The Balaban J connectivity index is 1.39. The van der Waals surface area contributed by atoms with Crippen LogP contribution in [-0.2, 0) is 9.53 Å². The van der Waals surface area contributed by atoms with Crippen molar-refractivity contribution in [2.45, 2.75) is 24.3 Å². The number of morpholine rings is 1. The molecule has 3 aromatic rings. The van der Waals surface area contributed by atoms with Gasteiger partial charge in [-0.25, -0.2) is 9.97 Å². The summed E-state index contributed by atoms with van der Waals surface area (Å²) in [5.74, 6) is -0.0736. The molecule has 1 fully saturated rings. The van der Waals surface area contributed by atoms with Crippen molar-refractivity contribution >= 4 is 29.0 Å². The van der Waals surface area contributed by atoms with Crippen molar-refractivity contribution in [2.75, 3.05) is 36.5 Å². The summed E-state index contributed by atoms with van der Waals surface area (Å²) < 4.78 is 5.40. The Hall–Kier alpha value is -2.90. The van der Waals surface area contributed by atoms with Crippen molar-refractivity contribution in [1.82, 2.24) is 9.97 Å². The van der Waals surface area contributed by atoms with Crippen molar-refractivity contribution in [3.05, 3.63) is 66.4 Å². The fraction of sp³-hybridized carbons (Fsp3) is 0.292. The number of aromatic nitrogens is 2. The Morgan fingerprint density at radius 2 is 1.77 bits per heavy atom. The molecule has 1 amide bonds. The van der Waals surface area contributed by atoms with Gasteiger partial charge in [0.05, 0.1) is 24.2 Å². The first-order valence-electron chi connectivity index (χ1n) is 10.4. The molecule has 0 radical (unpaired) electrons. The fourth-order valence-corrected chi connectivity index (χ4v) is 4.21. The monoisotopic (exact) mass is 434 g/mol. The largest absolute Gasteiger partial charge is 0.378 e. The third-order valence-corrected chi connectivity index (χ3v) is 6.03. The van der Waals surface area contributed by atoms with Gasteiger partial charge in [0, 0.05) is 35.7 Å². The van der Waals surface area contributed by atoms with E-state index < -0.39 is 0 Å². The van der Waals surface area contributed by atoms with Crippen LogP contribution >= 0.6 is 11.8 Å². The molecule has 0 aliphatic carbocycles. The Bertz CT molecular complexity index is 1020. The number of thioether (sulfide) groups is 1. The molecule has 0 spiro atoms. The summed E-state index contributed by atoms with van der Waals surface area (Å²) in [4.78, 5) is 24.2. The molecule has 31 heavy (non-hydrogen) atoms. The zero-order chi connectivity index (χ0) is 21.6. The summed E-state index contributed by atoms with van der Waals surface area (Å²) in [6, 6.07) is 19.9. The van der Waals surface area contributed by atoms with Crippen LogP contribution in [0.25, 0.3) is 11.3 Å². The van der Waals surface area contributed by atoms with Gasteiger partial charge in [-0.3, -0.25) is 4.79 Å². The van der Waals surface area contributed by atoms with E-state index in [-0.39, 0.29) is 11.2 Å². The molecule has 0 bridgehead atoms. The normalized spacial score (nSPS) is 14.8. The van der Waals surface area contributed by atoms with Gasteiger partial charge in [0.15, 0.2) is 5.16 Å². The van der Waals surface area contributed by atoms with E-state index in [1.165, 1.54) is 11.8 Å². The predicted octanol–water partition coefficient (Wildman–Crippen LogP) is 4.41. The molecule has 1 atom stereocenters. The van der Waals surface area contributed by atoms with Gasteiger partial charge in [-0.15, -0.1) is 0 Å². The maximum atomic E-state index is 12.7. The second kappa shape index (κ2) is 9.94. The van der Waals surface area contributed by atoms with Gasteiger partial charge in [0.1, 0.15) is 0 Å². The molecule has 4 rings (SSSR count). The average Bonchev–Trinajstić information content (AvgIpc) is 2.80. The Morgan fingerprint density at radius 1 is 1.06 bits per heavy atom. The van der Waals surface area contributed by atoms with Gasteiger partial charge < -0.3 is 15.0 Å². The quantitative estimate of drug-likeness (QED) is 0.458. The fourth-order valence-electron chi connectivity index (χ4n) is 3.38. The van der Waals surface area contributed by atoms with E-state index in [4.69, 9.17) is 4.74 Å². The van der Waals surface area contributed by atoms with Crippen LogP contribution in [0.2, 0.25) is 0 Å². The molecule has 1 aliphatic rings. The van der Waals surface area contributed by atoms with Gasteiger partial charge in [0.25, 0.3) is 0 Å². The van der Waals surface area contributed by atoms with Crippen LogP contribution in [0.5, 0.6) is 0 Å². The number of carbonyl (C=O) groups excluding carboxylic acids is 1. The van der Waals surface area contributed by atoms with E-state index in [0.29, 0.717) is 5.16 Å². The number of nitrogens with one attached hydrogen (secondary N) is 1. The number of hydrogen-bond acceptors (Lipinski definition) is 6.